The van der Waals surface area contributed by atoms with Gasteiger partial charge in [0.15, 0.2) is 0 Å². The van der Waals surface area contributed by atoms with Gasteiger partial charge < -0.3 is 0 Å². The molecule has 1 aromatic heterocycles. The summed E-state index contributed by atoms with van der Waals surface area (Å²) in [5.74, 6) is -0.696. The fourth-order valence-corrected chi connectivity index (χ4v) is 3.20. The number of halogens is 1. The van der Waals surface area contributed by atoms with Crippen molar-refractivity contribution in [1.82, 2.24) is 14.8 Å². The van der Waals surface area contributed by atoms with Crippen LogP contribution in [-0.4, -0.2) is 31.5 Å². The summed E-state index contributed by atoms with van der Waals surface area (Å²) in [4.78, 5) is 39.0. The third-order valence-electron chi connectivity index (χ3n) is 4.37. The Morgan fingerprint density at radius 3 is 2.76 bits per heavy atom. The zero-order valence-electron chi connectivity index (χ0n) is 14.7. The number of hydrogen-bond donors (Lipinski definition) is 2. The topological polar surface area (TPSA) is 132 Å². The summed E-state index contributed by atoms with van der Waals surface area (Å²) in [6, 6.07) is 12.7. The molecule has 0 spiro atoms. The predicted octanol–water partition coefficient (Wildman–Crippen LogP) is 3.02. The van der Waals surface area contributed by atoms with Gasteiger partial charge in [-0.15, -0.1) is 5.10 Å². The van der Waals surface area contributed by atoms with Crippen LogP contribution in [0.4, 0.5) is 17.6 Å². The summed E-state index contributed by atoms with van der Waals surface area (Å²) in [6.07, 6.45) is 0.178. The van der Waals surface area contributed by atoms with Gasteiger partial charge in [-0.2, -0.15) is 4.98 Å². The van der Waals surface area contributed by atoms with Crippen LogP contribution in [0.1, 0.15) is 28.4 Å². The van der Waals surface area contributed by atoms with E-state index in [2.05, 4.69) is 20.7 Å². The number of nitro groups is 1. The van der Waals surface area contributed by atoms with Crippen molar-refractivity contribution in [3.8, 4) is 0 Å². The van der Waals surface area contributed by atoms with Crippen LogP contribution in [0.25, 0.3) is 0 Å². The summed E-state index contributed by atoms with van der Waals surface area (Å²) >= 11 is 5.77. The summed E-state index contributed by atoms with van der Waals surface area (Å²) in [5, 5.41) is 20.3. The molecule has 0 saturated heterocycles. The Morgan fingerprint density at radius 1 is 1.28 bits per heavy atom. The molecule has 2 heterocycles. The highest BCUT2D eigenvalue weighted by atomic mass is 35.5. The van der Waals surface area contributed by atoms with Crippen molar-refractivity contribution in [2.24, 2.45) is 0 Å². The minimum absolute atomic E-state index is 0.0255. The highest BCUT2D eigenvalue weighted by molar-refractivity contribution is 6.32. The number of amides is 2. The predicted molar refractivity (Wildman–Crippen MR) is 104 cm³/mol. The molecule has 0 fully saturated rings. The molecule has 0 saturated carbocycles. The molecule has 10 nitrogen and oxygen atoms in total. The molecule has 0 radical (unpaired) electrons. The van der Waals surface area contributed by atoms with E-state index in [9.17, 15) is 19.7 Å². The molecular formula is C18H13ClN6O4. The first-order valence-corrected chi connectivity index (χ1v) is 8.87. The van der Waals surface area contributed by atoms with Gasteiger partial charge in [0, 0.05) is 11.6 Å². The quantitative estimate of drug-likeness (QED) is 0.500. The monoisotopic (exact) mass is 412 g/mol. The molecule has 3 aromatic rings. The maximum absolute atomic E-state index is 12.5. The van der Waals surface area contributed by atoms with Gasteiger partial charge in [-0.25, -0.2) is 4.68 Å². The number of nitrogens with zero attached hydrogens (tertiary/aromatic N) is 4. The molecule has 0 aliphatic carbocycles. The Morgan fingerprint density at radius 2 is 2.03 bits per heavy atom. The standard InChI is InChI=1S/C18H13ClN6O4/c19-12-7-6-11(8-14(12)25(28)29)16(27)21-17-22-18-20-15(26)9-13(24(18)23-17)10-4-2-1-3-5-10/h1-8,13H,9H2,(H2,20,21,22,23,26,27)/t13-/m1/s1. The molecule has 29 heavy (non-hydrogen) atoms. The highest BCUT2D eigenvalue weighted by Crippen LogP contribution is 2.30. The van der Waals surface area contributed by atoms with Crippen LogP contribution in [0.5, 0.6) is 0 Å². The number of nitrogens with one attached hydrogen (secondary N) is 2. The Balaban J connectivity index is 1.62. The second kappa shape index (κ2) is 7.32. The van der Waals surface area contributed by atoms with Gasteiger partial charge in [0.05, 0.1) is 17.4 Å². The lowest BCUT2D eigenvalue weighted by Crippen LogP contribution is -2.29. The van der Waals surface area contributed by atoms with E-state index in [1.54, 1.807) is 0 Å². The van der Waals surface area contributed by atoms with Crippen molar-refractivity contribution in [2.45, 2.75) is 12.5 Å². The Labute approximate surface area is 168 Å². The van der Waals surface area contributed by atoms with Crippen LogP contribution in [0, 0.1) is 10.1 Å². The minimum atomic E-state index is -0.674. The molecule has 4 rings (SSSR count). The number of nitro benzene ring substituents is 1. The molecule has 2 aromatic carbocycles. The van der Waals surface area contributed by atoms with Gasteiger partial charge >= 0.3 is 0 Å². The summed E-state index contributed by atoms with van der Waals surface area (Å²) < 4.78 is 1.52. The molecule has 1 aliphatic heterocycles. The number of rotatable bonds is 4. The summed E-state index contributed by atoms with van der Waals surface area (Å²) in [6.45, 7) is 0. The number of anilines is 2. The normalized spacial score (nSPS) is 15.3. The van der Waals surface area contributed by atoms with Crippen LogP contribution in [0.15, 0.2) is 48.5 Å². The van der Waals surface area contributed by atoms with Gasteiger partial charge in [0.25, 0.3) is 17.5 Å². The SMILES string of the molecule is O=C1C[C@H](c2ccccc2)n2nc(NC(=O)c3ccc(Cl)c([N+](=O)[O-])c3)nc2N1. The second-order valence-corrected chi connectivity index (χ2v) is 6.67. The molecular weight excluding hydrogens is 400 g/mol. The number of benzene rings is 2. The van der Waals surface area contributed by atoms with E-state index >= 15 is 0 Å². The first-order chi connectivity index (χ1) is 13.9. The van der Waals surface area contributed by atoms with Crippen molar-refractivity contribution in [3.63, 3.8) is 0 Å². The Hall–Kier alpha value is -3.79. The first-order valence-electron chi connectivity index (χ1n) is 8.49. The fourth-order valence-electron chi connectivity index (χ4n) is 3.02. The lowest BCUT2D eigenvalue weighted by molar-refractivity contribution is -0.384. The average molecular weight is 413 g/mol. The number of aromatic nitrogens is 3. The van der Waals surface area contributed by atoms with Crippen molar-refractivity contribution in [2.75, 3.05) is 10.6 Å². The van der Waals surface area contributed by atoms with Crippen molar-refractivity contribution < 1.29 is 14.5 Å². The number of carbonyl (C=O) groups excluding carboxylic acids is 2. The van der Waals surface area contributed by atoms with Crippen molar-refractivity contribution in [1.29, 1.82) is 0 Å². The number of hydrogen-bond acceptors (Lipinski definition) is 6. The molecule has 0 unspecified atom stereocenters. The molecule has 146 valence electrons. The van der Waals surface area contributed by atoms with Gasteiger partial charge in [0.1, 0.15) is 5.02 Å². The summed E-state index contributed by atoms with van der Waals surface area (Å²) in [7, 11) is 0. The van der Waals surface area contributed by atoms with E-state index in [-0.39, 0.29) is 46.5 Å². The zero-order valence-corrected chi connectivity index (χ0v) is 15.5. The van der Waals surface area contributed by atoms with E-state index < -0.39 is 10.8 Å². The van der Waals surface area contributed by atoms with E-state index in [4.69, 9.17) is 11.6 Å². The average Bonchev–Trinajstić information content (AvgIpc) is 3.10. The van der Waals surface area contributed by atoms with Crippen LogP contribution in [0.2, 0.25) is 5.02 Å². The molecule has 0 bridgehead atoms. The molecule has 2 amide bonds. The number of fused-ring (bicyclic) bond motifs is 1. The van der Waals surface area contributed by atoms with Gasteiger partial charge in [0.2, 0.25) is 11.9 Å². The van der Waals surface area contributed by atoms with Crippen LogP contribution >= 0.6 is 11.6 Å². The largest absolute Gasteiger partial charge is 0.295 e. The first kappa shape index (κ1) is 18.6. The lowest BCUT2D eigenvalue weighted by Gasteiger charge is -2.23. The molecule has 1 atom stereocenters. The third-order valence-corrected chi connectivity index (χ3v) is 4.69. The van der Waals surface area contributed by atoms with E-state index in [0.717, 1.165) is 11.6 Å². The second-order valence-electron chi connectivity index (χ2n) is 6.26. The number of carbonyl (C=O) groups is 2. The smallest absolute Gasteiger partial charge is 0.288 e. The highest BCUT2D eigenvalue weighted by Gasteiger charge is 2.29. The molecule has 2 N–H and O–H groups in total. The van der Waals surface area contributed by atoms with Crippen LogP contribution in [0.3, 0.4) is 0 Å². The maximum Gasteiger partial charge on any atom is 0.288 e. The Kier molecular flexibility index (Phi) is 4.69. The van der Waals surface area contributed by atoms with E-state index in [1.807, 2.05) is 30.3 Å². The van der Waals surface area contributed by atoms with E-state index in [0.29, 0.717) is 0 Å². The molecule has 1 aliphatic rings. The molecule has 11 heteroatoms. The maximum atomic E-state index is 12.5. The van der Waals surface area contributed by atoms with Crippen molar-refractivity contribution >= 4 is 41.0 Å². The Bertz CT molecular complexity index is 1130. The third kappa shape index (κ3) is 3.65. The summed E-state index contributed by atoms with van der Waals surface area (Å²) in [5.41, 5.74) is 0.519. The minimum Gasteiger partial charge on any atom is -0.295 e. The van der Waals surface area contributed by atoms with Crippen molar-refractivity contribution in [3.05, 3.63) is 74.8 Å². The van der Waals surface area contributed by atoms with Crippen LogP contribution in [-0.2, 0) is 4.79 Å². The van der Waals surface area contributed by atoms with E-state index in [1.165, 1.54) is 16.8 Å². The van der Waals surface area contributed by atoms with Gasteiger partial charge in [-0.3, -0.25) is 30.3 Å². The van der Waals surface area contributed by atoms with Crippen LogP contribution < -0.4 is 10.6 Å². The van der Waals surface area contributed by atoms with Gasteiger partial charge in [-0.05, 0) is 17.7 Å². The fraction of sp³-hybridized carbons (Fsp3) is 0.111. The lowest BCUT2D eigenvalue weighted by atomic mass is 10.0. The van der Waals surface area contributed by atoms with Gasteiger partial charge in [-0.1, -0.05) is 41.9 Å². The zero-order chi connectivity index (χ0) is 20.5.